The number of nitro benzene ring substituents is 1. The summed E-state index contributed by atoms with van der Waals surface area (Å²) in [5.41, 5.74) is 1.97. The third-order valence-electron chi connectivity index (χ3n) is 2.94. The van der Waals surface area contributed by atoms with Crippen molar-refractivity contribution in [3.05, 3.63) is 28.3 Å². The normalized spacial score (nSPS) is 11.6. The smallest absolute Gasteiger partial charge is 0.291 e. The second kappa shape index (κ2) is 7.31. The van der Waals surface area contributed by atoms with Gasteiger partial charge in [-0.25, -0.2) is 13.1 Å². The lowest BCUT2D eigenvalue weighted by atomic mass is 10.3. The quantitative estimate of drug-likeness (QED) is 0.352. The highest BCUT2D eigenvalue weighted by Gasteiger charge is 2.25. The molecule has 21 heavy (non-hydrogen) atoms. The zero-order valence-corrected chi connectivity index (χ0v) is 12.7. The minimum atomic E-state index is -3.95. The molecule has 0 saturated heterocycles. The summed E-state index contributed by atoms with van der Waals surface area (Å²) in [5, 5.41) is 11.0. The van der Waals surface area contributed by atoms with Crippen molar-refractivity contribution >= 4 is 21.4 Å². The number of nitrogens with one attached hydrogen (secondary N) is 2. The molecule has 0 aliphatic carbocycles. The molecular formula is C11H19N5O4S. The first-order chi connectivity index (χ1) is 9.81. The number of likely N-dealkylation sites (N-methyl/N-ethyl adjacent to an activating group) is 1. The fraction of sp³-hybridized carbons (Fsp3) is 0.455. The van der Waals surface area contributed by atoms with Gasteiger partial charge in [-0.15, -0.1) is 0 Å². The predicted molar refractivity (Wildman–Crippen MR) is 79.3 cm³/mol. The van der Waals surface area contributed by atoms with Crippen LogP contribution in [0.15, 0.2) is 23.1 Å². The van der Waals surface area contributed by atoms with E-state index in [0.29, 0.717) is 6.54 Å². The Morgan fingerprint density at radius 3 is 2.62 bits per heavy atom. The molecule has 0 spiro atoms. The van der Waals surface area contributed by atoms with E-state index >= 15 is 0 Å². The van der Waals surface area contributed by atoms with E-state index in [1.54, 1.807) is 0 Å². The van der Waals surface area contributed by atoms with Crippen LogP contribution in [0, 0.1) is 10.1 Å². The van der Waals surface area contributed by atoms with Gasteiger partial charge in [0.15, 0.2) is 4.90 Å². The van der Waals surface area contributed by atoms with Crippen LogP contribution in [0.25, 0.3) is 0 Å². The summed E-state index contributed by atoms with van der Waals surface area (Å²) in [7, 11) is -2.11. The molecule has 0 aliphatic heterocycles. The minimum absolute atomic E-state index is 0.167. The molecule has 1 aromatic carbocycles. The molecule has 0 fully saturated rings. The Labute approximate surface area is 123 Å². The van der Waals surface area contributed by atoms with Crippen LogP contribution in [-0.2, 0) is 10.0 Å². The molecule has 1 aromatic rings. The van der Waals surface area contributed by atoms with Crippen molar-refractivity contribution in [1.29, 1.82) is 0 Å². The van der Waals surface area contributed by atoms with Crippen molar-refractivity contribution in [3.8, 4) is 0 Å². The van der Waals surface area contributed by atoms with E-state index in [2.05, 4.69) is 10.1 Å². The molecule has 0 heterocycles. The largest absolute Gasteiger partial charge is 0.324 e. The van der Waals surface area contributed by atoms with Crippen molar-refractivity contribution in [3.63, 3.8) is 0 Å². The van der Waals surface area contributed by atoms with Gasteiger partial charge in [-0.2, -0.15) is 0 Å². The van der Waals surface area contributed by atoms with Gasteiger partial charge in [-0.3, -0.25) is 16.0 Å². The molecule has 10 heteroatoms. The number of benzene rings is 1. The molecule has 0 atom stereocenters. The molecule has 9 nitrogen and oxygen atoms in total. The van der Waals surface area contributed by atoms with Crippen LogP contribution in [0.1, 0.15) is 6.92 Å². The minimum Gasteiger partial charge on any atom is -0.324 e. The topological polar surface area (TPSA) is 131 Å². The highest BCUT2D eigenvalue weighted by atomic mass is 32.2. The molecule has 4 N–H and O–H groups in total. The van der Waals surface area contributed by atoms with E-state index in [9.17, 15) is 18.5 Å². The number of nitrogen functional groups attached to an aromatic ring is 1. The zero-order chi connectivity index (χ0) is 16.0. The number of sulfonamides is 1. The number of hydrogen-bond acceptors (Lipinski definition) is 7. The fourth-order valence-corrected chi connectivity index (χ4v) is 2.76. The number of nitrogens with zero attached hydrogens (tertiary/aromatic N) is 2. The van der Waals surface area contributed by atoms with Gasteiger partial charge in [0, 0.05) is 19.2 Å². The average molecular weight is 317 g/mol. The molecular weight excluding hydrogens is 298 g/mol. The highest BCUT2D eigenvalue weighted by molar-refractivity contribution is 7.89. The molecule has 0 aromatic heterocycles. The molecule has 0 unspecified atom stereocenters. The van der Waals surface area contributed by atoms with Crippen LogP contribution in [-0.4, -0.2) is 44.9 Å². The zero-order valence-electron chi connectivity index (χ0n) is 11.9. The SMILES string of the molecule is CCN(C)CCNS(=O)(=O)c1ccc(NN)cc1[N+](=O)[O-]. The first kappa shape index (κ1) is 17.3. The van der Waals surface area contributed by atoms with Gasteiger partial charge in [0.05, 0.1) is 10.6 Å². The van der Waals surface area contributed by atoms with E-state index in [1.807, 2.05) is 18.9 Å². The van der Waals surface area contributed by atoms with Crippen LogP contribution in [0.2, 0.25) is 0 Å². The lowest BCUT2D eigenvalue weighted by Gasteiger charge is -2.14. The Bertz CT molecular complexity index is 605. The Balaban J connectivity index is 2.99. The van der Waals surface area contributed by atoms with Crippen LogP contribution in [0.5, 0.6) is 0 Å². The van der Waals surface area contributed by atoms with Crippen molar-refractivity contribution in [1.82, 2.24) is 9.62 Å². The number of nitro groups is 1. The summed E-state index contributed by atoms with van der Waals surface area (Å²) in [6.45, 7) is 3.39. The molecule has 0 radical (unpaired) electrons. The number of rotatable bonds is 8. The summed E-state index contributed by atoms with van der Waals surface area (Å²) in [5.74, 6) is 5.16. The van der Waals surface area contributed by atoms with E-state index in [4.69, 9.17) is 5.84 Å². The number of hydrogen-bond donors (Lipinski definition) is 3. The standard InChI is InChI=1S/C11H19N5O4S/c1-3-15(2)7-6-13-21(19,20)11-5-4-9(14-12)8-10(11)16(17)18/h4-5,8,13-14H,3,6-7,12H2,1-2H3. The number of hydrazine groups is 1. The van der Waals surface area contributed by atoms with Gasteiger partial charge in [0.25, 0.3) is 5.69 Å². The van der Waals surface area contributed by atoms with Gasteiger partial charge in [-0.1, -0.05) is 6.92 Å². The van der Waals surface area contributed by atoms with Gasteiger partial charge < -0.3 is 10.3 Å². The van der Waals surface area contributed by atoms with Crippen molar-refractivity contribution in [2.45, 2.75) is 11.8 Å². The maximum Gasteiger partial charge on any atom is 0.291 e. The first-order valence-corrected chi connectivity index (χ1v) is 7.73. The second-order valence-electron chi connectivity index (χ2n) is 4.38. The third kappa shape index (κ3) is 4.63. The summed E-state index contributed by atoms with van der Waals surface area (Å²) in [4.78, 5) is 11.8. The van der Waals surface area contributed by atoms with Crippen molar-refractivity contribution in [2.24, 2.45) is 5.84 Å². The Hall–Kier alpha value is -1.75. The number of nitrogens with two attached hydrogens (primary N) is 1. The lowest BCUT2D eigenvalue weighted by Crippen LogP contribution is -2.33. The Morgan fingerprint density at radius 2 is 2.10 bits per heavy atom. The second-order valence-corrected chi connectivity index (χ2v) is 6.11. The average Bonchev–Trinajstić information content (AvgIpc) is 2.45. The summed E-state index contributed by atoms with van der Waals surface area (Å²) >= 11 is 0. The van der Waals surface area contributed by atoms with Gasteiger partial charge in [-0.05, 0) is 25.7 Å². The Kier molecular flexibility index (Phi) is 6.03. The van der Waals surface area contributed by atoms with E-state index in [1.165, 1.54) is 6.07 Å². The van der Waals surface area contributed by atoms with Gasteiger partial charge in [0.1, 0.15) is 0 Å². The van der Waals surface area contributed by atoms with Crippen LogP contribution >= 0.6 is 0 Å². The molecule has 118 valence electrons. The summed E-state index contributed by atoms with van der Waals surface area (Å²) < 4.78 is 26.6. The maximum atomic E-state index is 12.1. The van der Waals surface area contributed by atoms with E-state index < -0.39 is 20.6 Å². The van der Waals surface area contributed by atoms with Crippen molar-refractivity contribution in [2.75, 3.05) is 32.1 Å². The molecule has 0 bridgehead atoms. The lowest BCUT2D eigenvalue weighted by molar-refractivity contribution is -0.387. The maximum absolute atomic E-state index is 12.1. The van der Waals surface area contributed by atoms with Crippen LogP contribution in [0.4, 0.5) is 11.4 Å². The highest BCUT2D eigenvalue weighted by Crippen LogP contribution is 2.26. The van der Waals surface area contributed by atoms with Gasteiger partial charge in [0.2, 0.25) is 10.0 Å². The third-order valence-corrected chi connectivity index (χ3v) is 4.45. The molecule has 1 rings (SSSR count). The first-order valence-electron chi connectivity index (χ1n) is 6.25. The van der Waals surface area contributed by atoms with E-state index in [-0.39, 0.29) is 17.1 Å². The van der Waals surface area contributed by atoms with Crippen LogP contribution in [0.3, 0.4) is 0 Å². The fourth-order valence-electron chi connectivity index (χ4n) is 1.58. The molecule has 0 amide bonds. The Morgan fingerprint density at radius 1 is 1.43 bits per heavy atom. The van der Waals surface area contributed by atoms with Crippen molar-refractivity contribution < 1.29 is 13.3 Å². The van der Waals surface area contributed by atoms with Gasteiger partial charge >= 0.3 is 0 Å². The molecule has 0 aliphatic rings. The molecule has 0 saturated carbocycles. The predicted octanol–water partition coefficient (Wildman–Crippen LogP) is 0.110. The van der Waals surface area contributed by atoms with E-state index in [0.717, 1.165) is 18.7 Å². The monoisotopic (exact) mass is 317 g/mol. The summed E-state index contributed by atoms with van der Waals surface area (Å²) in [6.07, 6.45) is 0. The van der Waals surface area contributed by atoms with Crippen LogP contribution < -0.4 is 16.0 Å². The summed E-state index contributed by atoms with van der Waals surface area (Å²) in [6, 6.07) is 3.59. The number of anilines is 1.